The standard InChI is InChI=1S/C22H18N6S/c1-14-12-21(28-27-14)26-20-13-17(10-11-23-20)24-16-8-6-15(7-9-16)22-25-18-4-2-3-5-19(18)29-22/h2-13H,1H3,(H3,23,24,26,27,28). The number of H-pyrrole nitrogens is 1. The van der Waals surface area contributed by atoms with E-state index in [0.29, 0.717) is 0 Å². The summed E-state index contributed by atoms with van der Waals surface area (Å²) in [5.74, 6) is 1.47. The summed E-state index contributed by atoms with van der Waals surface area (Å²) < 4.78 is 1.20. The molecule has 0 aliphatic carbocycles. The number of anilines is 4. The van der Waals surface area contributed by atoms with Crippen LogP contribution in [0.5, 0.6) is 0 Å². The van der Waals surface area contributed by atoms with Crippen LogP contribution in [0.1, 0.15) is 5.69 Å². The second kappa shape index (κ2) is 7.37. The summed E-state index contributed by atoms with van der Waals surface area (Å²) in [5, 5.41) is 14.7. The minimum absolute atomic E-state index is 0.729. The Morgan fingerprint density at radius 1 is 0.862 bits per heavy atom. The third-order valence-electron chi connectivity index (χ3n) is 4.44. The van der Waals surface area contributed by atoms with Gasteiger partial charge < -0.3 is 10.6 Å². The number of hydrogen-bond donors (Lipinski definition) is 3. The van der Waals surface area contributed by atoms with E-state index in [-0.39, 0.29) is 0 Å². The van der Waals surface area contributed by atoms with Gasteiger partial charge in [0.25, 0.3) is 0 Å². The zero-order chi connectivity index (χ0) is 19.6. The Morgan fingerprint density at radius 3 is 2.52 bits per heavy atom. The van der Waals surface area contributed by atoms with Crippen molar-refractivity contribution in [1.29, 1.82) is 0 Å². The van der Waals surface area contributed by atoms with Crippen LogP contribution in [0.4, 0.5) is 23.0 Å². The number of hydrogen-bond acceptors (Lipinski definition) is 6. The second-order valence-electron chi connectivity index (χ2n) is 6.68. The van der Waals surface area contributed by atoms with Gasteiger partial charge in [0, 0.05) is 41.0 Å². The van der Waals surface area contributed by atoms with Gasteiger partial charge in [0.15, 0.2) is 5.82 Å². The van der Waals surface area contributed by atoms with Crippen LogP contribution in [0.3, 0.4) is 0 Å². The molecule has 0 radical (unpaired) electrons. The summed E-state index contributed by atoms with van der Waals surface area (Å²) in [6.45, 7) is 1.96. The summed E-state index contributed by atoms with van der Waals surface area (Å²) in [6.07, 6.45) is 1.76. The maximum absolute atomic E-state index is 4.72. The number of nitrogens with one attached hydrogen (secondary N) is 3. The van der Waals surface area contributed by atoms with E-state index >= 15 is 0 Å². The molecule has 0 saturated carbocycles. The van der Waals surface area contributed by atoms with E-state index in [9.17, 15) is 0 Å². The van der Waals surface area contributed by atoms with Crippen molar-refractivity contribution in [2.24, 2.45) is 0 Å². The van der Waals surface area contributed by atoms with Crippen molar-refractivity contribution in [1.82, 2.24) is 20.2 Å². The Hall–Kier alpha value is -3.71. The maximum atomic E-state index is 4.72. The summed E-state index contributed by atoms with van der Waals surface area (Å²) in [6, 6.07) is 22.3. The molecule has 5 aromatic rings. The first-order valence-electron chi connectivity index (χ1n) is 9.21. The normalized spacial score (nSPS) is 10.9. The summed E-state index contributed by atoms with van der Waals surface area (Å²) >= 11 is 1.71. The summed E-state index contributed by atoms with van der Waals surface area (Å²) in [5.41, 5.74) is 5.10. The molecular weight excluding hydrogens is 380 g/mol. The molecule has 29 heavy (non-hydrogen) atoms. The van der Waals surface area contributed by atoms with Gasteiger partial charge in [-0.1, -0.05) is 12.1 Å². The predicted molar refractivity (Wildman–Crippen MR) is 119 cm³/mol. The molecule has 0 unspecified atom stereocenters. The number of nitrogens with zero attached hydrogens (tertiary/aromatic N) is 3. The van der Waals surface area contributed by atoms with Crippen LogP contribution in [0.15, 0.2) is 72.9 Å². The zero-order valence-corrected chi connectivity index (χ0v) is 16.5. The lowest BCUT2D eigenvalue weighted by atomic mass is 10.2. The number of pyridine rings is 1. The lowest BCUT2D eigenvalue weighted by Gasteiger charge is -2.09. The van der Waals surface area contributed by atoms with Crippen molar-refractivity contribution in [3.05, 3.63) is 78.6 Å². The number of aromatic amines is 1. The Kier molecular flexibility index (Phi) is 4.42. The third kappa shape index (κ3) is 3.81. The van der Waals surface area contributed by atoms with Crippen LogP contribution in [0.25, 0.3) is 20.8 Å². The van der Waals surface area contributed by atoms with E-state index in [0.717, 1.165) is 44.8 Å². The molecule has 3 aromatic heterocycles. The van der Waals surface area contributed by atoms with E-state index in [1.54, 1.807) is 17.5 Å². The van der Waals surface area contributed by atoms with Crippen molar-refractivity contribution in [3.8, 4) is 10.6 Å². The van der Waals surface area contributed by atoms with Crippen molar-refractivity contribution in [3.63, 3.8) is 0 Å². The SMILES string of the molecule is Cc1cc(Nc2cc(Nc3ccc(-c4nc5ccccc5s4)cc3)ccn2)n[nH]1. The van der Waals surface area contributed by atoms with E-state index in [2.05, 4.69) is 56.1 Å². The molecule has 142 valence electrons. The maximum Gasteiger partial charge on any atom is 0.153 e. The number of thiazole rings is 1. The number of aryl methyl sites for hydroxylation is 1. The molecule has 6 nitrogen and oxygen atoms in total. The van der Waals surface area contributed by atoms with Gasteiger partial charge in [-0.25, -0.2) is 9.97 Å². The minimum Gasteiger partial charge on any atom is -0.355 e. The fourth-order valence-corrected chi connectivity index (χ4v) is 4.02. The van der Waals surface area contributed by atoms with Gasteiger partial charge in [-0.2, -0.15) is 5.10 Å². The third-order valence-corrected chi connectivity index (χ3v) is 5.52. The summed E-state index contributed by atoms with van der Waals surface area (Å²) in [4.78, 5) is 9.07. The van der Waals surface area contributed by atoms with Crippen molar-refractivity contribution in [2.45, 2.75) is 6.92 Å². The number of para-hydroxylation sites is 1. The van der Waals surface area contributed by atoms with Crippen LogP contribution in [0.2, 0.25) is 0 Å². The number of benzene rings is 2. The molecule has 0 atom stereocenters. The lowest BCUT2D eigenvalue weighted by Crippen LogP contribution is -1.96. The van der Waals surface area contributed by atoms with Crippen LogP contribution in [0, 0.1) is 6.92 Å². The highest BCUT2D eigenvalue weighted by Crippen LogP contribution is 2.31. The Labute approximate surface area is 171 Å². The highest BCUT2D eigenvalue weighted by Gasteiger charge is 2.06. The van der Waals surface area contributed by atoms with Gasteiger partial charge >= 0.3 is 0 Å². The van der Waals surface area contributed by atoms with E-state index in [1.807, 2.05) is 43.3 Å². The first kappa shape index (κ1) is 17.4. The number of fused-ring (bicyclic) bond motifs is 1. The van der Waals surface area contributed by atoms with Gasteiger partial charge in [0.2, 0.25) is 0 Å². The Balaban J connectivity index is 1.32. The van der Waals surface area contributed by atoms with Crippen molar-refractivity contribution < 1.29 is 0 Å². The minimum atomic E-state index is 0.729. The van der Waals surface area contributed by atoms with Crippen LogP contribution in [-0.2, 0) is 0 Å². The highest BCUT2D eigenvalue weighted by atomic mass is 32.1. The average molecular weight is 398 g/mol. The lowest BCUT2D eigenvalue weighted by molar-refractivity contribution is 1.05. The van der Waals surface area contributed by atoms with Crippen molar-refractivity contribution in [2.75, 3.05) is 10.6 Å². The molecule has 0 saturated heterocycles. The summed E-state index contributed by atoms with van der Waals surface area (Å²) in [7, 11) is 0. The Morgan fingerprint density at radius 2 is 1.72 bits per heavy atom. The highest BCUT2D eigenvalue weighted by molar-refractivity contribution is 7.21. The van der Waals surface area contributed by atoms with Gasteiger partial charge in [0.05, 0.1) is 10.2 Å². The molecule has 0 spiro atoms. The van der Waals surface area contributed by atoms with Crippen molar-refractivity contribution >= 4 is 44.6 Å². The fraction of sp³-hybridized carbons (Fsp3) is 0.0455. The van der Waals surface area contributed by atoms with Gasteiger partial charge in [0.1, 0.15) is 10.8 Å². The van der Waals surface area contributed by atoms with E-state index in [1.165, 1.54) is 4.70 Å². The fourth-order valence-electron chi connectivity index (χ4n) is 3.05. The molecule has 0 fully saturated rings. The van der Waals surface area contributed by atoms with Gasteiger partial charge in [-0.3, -0.25) is 5.10 Å². The Bertz CT molecular complexity index is 1240. The van der Waals surface area contributed by atoms with E-state index < -0.39 is 0 Å². The molecule has 3 N–H and O–H groups in total. The smallest absolute Gasteiger partial charge is 0.153 e. The molecule has 0 aliphatic heterocycles. The molecular formula is C22H18N6S. The molecule has 2 aromatic carbocycles. The predicted octanol–water partition coefficient (Wildman–Crippen LogP) is 5.88. The molecule has 5 rings (SSSR count). The number of aromatic nitrogens is 4. The topological polar surface area (TPSA) is 78.5 Å². The number of rotatable bonds is 5. The first-order valence-corrected chi connectivity index (χ1v) is 10.0. The van der Waals surface area contributed by atoms with Crippen LogP contribution in [-0.4, -0.2) is 20.2 Å². The second-order valence-corrected chi connectivity index (χ2v) is 7.71. The molecule has 0 amide bonds. The van der Waals surface area contributed by atoms with Gasteiger partial charge in [-0.05, 0) is 49.4 Å². The largest absolute Gasteiger partial charge is 0.355 e. The van der Waals surface area contributed by atoms with E-state index in [4.69, 9.17) is 4.98 Å². The molecule has 0 bridgehead atoms. The van der Waals surface area contributed by atoms with Gasteiger partial charge in [-0.15, -0.1) is 11.3 Å². The van der Waals surface area contributed by atoms with Crippen LogP contribution < -0.4 is 10.6 Å². The molecule has 7 heteroatoms. The first-order chi connectivity index (χ1) is 14.2. The van der Waals surface area contributed by atoms with Crippen LogP contribution >= 0.6 is 11.3 Å². The average Bonchev–Trinajstić information content (AvgIpc) is 3.35. The quantitative estimate of drug-likeness (QED) is 0.345. The monoisotopic (exact) mass is 398 g/mol. The molecule has 3 heterocycles. The zero-order valence-electron chi connectivity index (χ0n) is 15.7. The molecule has 0 aliphatic rings.